The molecule has 7 heteroatoms. The molecule has 0 unspecified atom stereocenters. The van der Waals surface area contributed by atoms with Crippen LogP contribution in [0.25, 0.3) is 22.0 Å². The molecule has 3 aromatic carbocycles. The number of nitrogens with zero attached hydrogens (tertiary/aromatic N) is 2. The van der Waals surface area contributed by atoms with Gasteiger partial charge in [0.15, 0.2) is 0 Å². The van der Waals surface area contributed by atoms with E-state index >= 15 is 0 Å². The molecule has 0 aliphatic carbocycles. The van der Waals surface area contributed by atoms with E-state index in [0.717, 1.165) is 18.2 Å². The molecular weight excluding hydrogens is 394 g/mol. The summed E-state index contributed by atoms with van der Waals surface area (Å²) in [6, 6.07) is 17.1. The zero-order chi connectivity index (χ0) is 20.6. The van der Waals surface area contributed by atoms with E-state index in [1.54, 1.807) is 36.4 Å². The highest BCUT2D eigenvalue weighted by Crippen LogP contribution is 2.36. The predicted octanol–water partition coefficient (Wildman–Crippen LogP) is 4.88. The Balaban J connectivity index is 2.08. The van der Waals surface area contributed by atoms with Gasteiger partial charge in [-0.1, -0.05) is 30.3 Å². The van der Waals surface area contributed by atoms with Crippen molar-refractivity contribution in [2.24, 2.45) is 0 Å². The number of aromatic nitrogens is 1. The van der Waals surface area contributed by atoms with E-state index in [-0.39, 0.29) is 20.9 Å². The molecule has 0 aliphatic rings. The maximum atomic E-state index is 13.9. The van der Waals surface area contributed by atoms with E-state index in [1.807, 2.05) is 0 Å². The predicted molar refractivity (Wildman–Crippen MR) is 104 cm³/mol. The largest absolute Gasteiger partial charge is 0.255 e. The van der Waals surface area contributed by atoms with Gasteiger partial charge >= 0.3 is 0 Å². The van der Waals surface area contributed by atoms with E-state index in [4.69, 9.17) is 5.26 Å². The molecule has 4 aromatic rings. The lowest BCUT2D eigenvalue weighted by Gasteiger charge is -2.14. The second-order valence-corrected chi connectivity index (χ2v) is 8.23. The lowest BCUT2D eigenvalue weighted by Crippen LogP contribution is -2.06. The highest BCUT2D eigenvalue weighted by Gasteiger charge is 2.26. The standard InChI is InChI=1S/C22H12F2N2O2S/c23-16-5-3-4-15(10-16)22-19-6-1-2-7-20(19)26-13-21(22)29(27,28)18-9-14(12-25)8-17(24)11-18/h1-11,13H. The van der Waals surface area contributed by atoms with Crippen LogP contribution in [0.1, 0.15) is 5.56 Å². The minimum Gasteiger partial charge on any atom is -0.255 e. The van der Waals surface area contributed by atoms with Crippen molar-refractivity contribution in [2.45, 2.75) is 9.79 Å². The van der Waals surface area contributed by atoms with E-state index in [9.17, 15) is 17.2 Å². The number of benzene rings is 3. The Kier molecular flexibility index (Phi) is 4.57. The third-order valence-corrected chi connectivity index (χ3v) is 6.20. The number of sulfone groups is 1. The summed E-state index contributed by atoms with van der Waals surface area (Å²) in [7, 11) is -4.25. The smallest absolute Gasteiger partial charge is 0.208 e. The fraction of sp³-hybridized carbons (Fsp3) is 0. The van der Waals surface area contributed by atoms with Gasteiger partial charge in [0.05, 0.1) is 26.9 Å². The summed E-state index contributed by atoms with van der Waals surface area (Å²) in [6.45, 7) is 0. The molecule has 0 atom stereocenters. The second kappa shape index (κ2) is 7.08. The first kappa shape index (κ1) is 18.7. The molecule has 0 spiro atoms. The van der Waals surface area contributed by atoms with Crippen LogP contribution in [0.15, 0.2) is 82.7 Å². The molecule has 29 heavy (non-hydrogen) atoms. The molecule has 1 heterocycles. The van der Waals surface area contributed by atoms with Gasteiger partial charge in [0, 0.05) is 17.1 Å². The molecule has 0 N–H and O–H groups in total. The van der Waals surface area contributed by atoms with Crippen molar-refractivity contribution in [1.29, 1.82) is 5.26 Å². The first-order valence-electron chi connectivity index (χ1n) is 8.49. The van der Waals surface area contributed by atoms with Crippen LogP contribution in [0.3, 0.4) is 0 Å². The molecule has 0 fully saturated rings. The van der Waals surface area contributed by atoms with E-state index in [1.165, 1.54) is 24.4 Å². The third kappa shape index (κ3) is 3.35. The zero-order valence-electron chi connectivity index (χ0n) is 14.8. The van der Waals surface area contributed by atoms with Crippen molar-refractivity contribution in [3.8, 4) is 17.2 Å². The first-order valence-corrected chi connectivity index (χ1v) is 9.98. The third-order valence-electron chi connectivity index (χ3n) is 4.45. The highest BCUT2D eigenvalue weighted by atomic mass is 32.2. The lowest BCUT2D eigenvalue weighted by molar-refractivity contribution is 0.590. The van der Waals surface area contributed by atoms with Gasteiger partial charge < -0.3 is 0 Å². The van der Waals surface area contributed by atoms with Gasteiger partial charge in [-0.3, -0.25) is 4.98 Å². The summed E-state index contributed by atoms with van der Waals surface area (Å²) in [5.41, 5.74) is 1.02. The highest BCUT2D eigenvalue weighted by molar-refractivity contribution is 7.91. The second-order valence-electron chi connectivity index (χ2n) is 6.32. The van der Waals surface area contributed by atoms with Crippen LogP contribution in [0.4, 0.5) is 8.78 Å². The van der Waals surface area contributed by atoms with Crippen molar-refractivity contribution < 1.29 is 17.2 Å². The number of fused-ring (bicyclic) bond motifs is 1. The van der Waals surface area contributed by atoms with Crippen LogP contribution in [0.2, 0.25) is 0 Å². The van der Waals surface area contributed by atoms with Crippen molar-refractivity contribution in [2.75, 3.05) is 0 Å². The number of halogens is 2. The van der Waals surface area contributed by atoms with Crippen LogP contribution >= 0.6 is 0 Å². The minimum absolute atomic E-state index is 0.121. The zero-order valence-corrected chi connectivity index (χ0v) is 15.6. The maximum Gasteiger partial charge on any atom is 0.208 e. The molecule has 142 valence electrons. The summed E-state index contributed by atoms with van der Waals surface area (Å²) in [5, 5.41) is 9.57. The van der Waals surface area contributed by atoms with Gasteiger partial charge in [-0.15, -0.1) is 0 Å². The summed E-state index contributed by atoms with van der Waals surface area (Å²) in [6.07, 6.45) is 1.18. The van der Waals surface area contributed by atoms with Crippen molar-refractivity contribution in [3.63, 3.8) is 0 Å². The minimum atomic E-state index is -4.25. The Morgan fingerprint density at radius 1 is 0.897 bits per heavy atom. The van der Waals surface area contributed by atoms with Crippen molar-refractivity contribution in [3.05, 3.63) is 90.1 Å². The molecule has 0 amide bonds. The summed E-state index contributed by atoms with van der Waals surface area (Å²) in [5.74, 6) is -1.37. The summed E-state index contributed by atoms with van der Waals surface area (Å²) < 4.78 is 54.5. The number of hydrogen-bond donors (Lipinski definition) is 0. The average Bonchev–Trinajstić information content (AvgIpc) is 2.72. The summed E-state index contributed by atoms with van der Waals surface area (Å²) >= 11 is 0. The maximum absolute atomic E-state index is 13.9. The van der Waals surface area contributed by atoms with Gasteiger partial charge in [0.1, 0.15) is 11.6 Å². The van der Waals surface area contributed by atoms with Crippen LogP contribution in [-0.2, 0) is 9.84 Å². The van der Waals surface area contributed by atoms with Crippen molar-refractivity contribution >= 4 is 20.7 Å². The van der Waals surface area contributed by atoms with Gasteiger partial charge in [-0.25, -0.2) is 17.2 Å². The monoisotopic (exact) mass is 406 g/mol. The first-order chi connectivity index (χ1) is 13.9. The Bertz CT molecular complexity index is 1410. The van der Waals surface area contributed by atoms with Crippen LogP contribution in [-0.4, -0.2) is 13.4 Å². The molecule has 0 saturated heterocycles. The number of hydrogen-bond acceptors (Lipinski definition) is 4. The topological polar surface area (TPSA) is 70.8 Å². The number of para-hydroxylation sites is 1. The molecule has 0 radical (unpaired) electrons. The van der Waals surface area contributed by atoms with Gasteiger partial charge in [0.25, 0.3) is 0 Å². The fourth-order valence-corrected chi connectivity index (χ4v) is 4.67. The number of rotatable bonds is 3. The molecule has 4 rings (SSSR count). The molecule has 0 bridgehead atoms. The van der Waals surface area contributed by atoms with Crippen molar-refractivity contribution in [1.82, 2.24) is 4.98 Å². The average molecular weight is 406 g/mol. The SMILES string of the molecule is N#Cc1cc(F)cc(S(=O)(=O)c2cnc3ccccc3c2-c2cccc(F)c2)c1. The number of nitriles is 1. The summed E-state index contributed by atoms with van der Waals surface area (Å²) in [4.78, 5) is 3.65. The lowest BCUT2D eigenvalue weighted by atomic mass is 10.0. The van der Waals surface area contributed by atoms with Crippen LogP contribution in [0, 0.1) is 23.0 Å². The number of pyridine rings is 1. The van der Waals surface area contributed by atoms with Gasteiger partial charge in [-0.05, 0) is 42.0 Å². The Labute approximate surface area is 165 Å². The Morgan fingerprint density at radius 2 is 1.69 bits per heavy atom. The Morgan fingerprint density at radius 3 is 2.45 bits per heavy atom. The molecule has 0 saturated carbocycles. The van der Waals surface area contributed by atoms with E-state index in [2.05, 4.69) is 4.98 Å². The van der Waals surface area contributed by atoms with E-state index < -0.39 is 21.5 Å². The molecule has 4 nitrogen and oxygen atoms in total. The normalized spacial score (nSPS) is 11.3. The van der Waals surface area contributed by atoms with E-state index in [0.29, 0.717) is 16.5 Å². The fourth-order valence-electron chi connectivity index (χ4n) is 3.18. The van der Waals surface area contributed by atoms with Crippen LogP contribution in [0.5, 0.6) is 0 Å². The van der Waals surface area contributed by atoms with Crippen LogP contribution < -0.4 is 0 Å². The molecule has 0 aliphatic heterocycles. The molecule has 1 aromatic heterocycles. The Hall–Kier alpha value is -3.63. The molecular formula is C22H12F2N2O2S. The van der Waals surface area contributed by atoms with Gasteiger partial charge in [0.2, 0.25) is 9.84 Å². The quantitative estimate of drug-likeness (QED) is 0.486. The van der Waals surface area contributed by atoms with Gasteiger partial charge in [-0.2, -0.15) is 5.26 Å².